The molecule has 0 radical (unpaired) electrons. The quantitative estimate of drug-likeness (QED) is 0.390. The topological polar surface area (TPSA) is 108 Å². The fraction of sp³-hybridized carbons (Fsp3) is 0.167. The van der Waals surface area contributed by atoms with Gasteiger partial charge in [-0.05, 0) is 61.9 Å². The van der Waals surface area contributed by atoms with Gasteiger partial charge in [-0.15, -0.1) is 0 Å². The number of hydrogen-bond donors (Lipinski definition) is 2. The van der Waals surface area contributed by atoms with Crippen molar-refractivity contribution in [3.05, 3.63) is 83.4 Å². The summed E-state index contributed by atoms with van der Waals surface area (Å²) in [7, 11) is -2.57. The Morgan fingerprint density at radius 1 is 1.03 bits per heavy atom. The molecule has 3 aromatic carbocycles. The largest absolute Gasteiger partial charge is 0.504 e. The van der Waals surface area contributed by atoms with E-state index in [9.17, 15) is 18.3 Å². The van der Waals surface area contributed by atoms with Gasteiger partial charge in [0.15, 0.2) is 11.5 Å². The van der Waals surface area contributed by atoms with E-state index >= 15 is 0 Å². The molecule has 0 fully saturated rings. The first-order chi connectivity index (χ1) is 15.7. The molecule has 0 aromatic heterocycles. The summed E-state index contributed by atoms with van der Waals surface area (Å²) in [5.41, 5.74) is 5.18. The number of nitrogens with one attached hydrogen (secondary N) is 1. The second-order valence-corrected chi connectivity index (χ2v) is 9.25. The Labute approximate surface area is 193 Å². The minimum atomic E-state index is -3.99. The van der Waals surface area contributed by atoms with Crippen LogP contribution in [0.1, 0.15) is 16.7 Å². The minimum absolute atomic E-state index is 0.0197. The van der Waals surface area contributed by atoms with Gasteiger partial charge in [0.1, 0.15) is 6.54 Å². The first kappa shape index (κ1) is 23.8. The number of phenols is 1. The Balaban J connectivity index is 1.82. The highest BCUT2D eigenvalue weighted by Crippen LogP contribution is 2.26. The van der Waals surface area contributed by atoms with Gasteiger partial charge < -0.3 is 9.84 Å². The fourth-order valence-electron chi connectivity index (χ4n) is 2.98. The number of ether oxygens (including phenoxy) is 1. The van der Waals surface area contributed by atoms with Gasteiger partial charge in [0.2, 0.25) is 0 Å². The van der Waals surface area contributed by atoms with Gasteiger partial charge in [0.05, 0.1) is 23.9 Å². The van der Waals surface area contributed by atoms with E-state index in [0.29, 0.717) is 11.3 Å². The maximum Gasteiger partial charge on any atom is 0.264 e. The molecule has 1 amide bonds. The fourth-order valence-corrected chi connectivity index (χ4v) is 4.40. The lowest BCUT2D eigenvalue weighted by atomic mass is 10.2. The molecule has 172 valence electrons. The average molecular weight is 468 g/mol. The van der Waals surface area contributed by atoms with Gasteiger partial charge >= 0.3 is 0 Å². The first-order valence-electron chi connectivity index (χ1n) is 10.1. The molecule has 9 heteroatoms. The van der Waals surface area contributed by atoms with E-state index in [1.165, 1.54) is 31.5 Å². The number of anilines is 1. The Hall–Kier alpha value is -3.85. The zero-order valence-corrected chi connectivity index (χ0v) is 19.3. The van der Waals surface area contributed by atoms with Crippen LogP contribution in [0, 0.1) is 13.8 Å². The molecule has 0 aliphatic carbocycles. The van der Waals surface area contributed by atoms with Crippen LogP contribution in [0.2, 0.25) is 0 Å². The molecule has 0 heterocycles. The van der Waals surface area contributed by atoms with Crippen LogP contribution in [0.5, 0.6) is 11.5 Å². The number of phenolic OH excluding ortho intramolecular Hbond substituents is 1. The molecule has 33 heavy (non-hydrogen) atoms. The van der Waals surface area contributed by atoms with Gasteiger partial charge in [-0.2, -0.15) is 5.10 Å². The Morgan fingerprint density at radius 3 is 2.24 bits per heavy atom. The molecule has 0 bridgehead atoms. The van der Waals surface area contributed by atoms with Crippen molar-refractivity contribution in [2.45, 2.75) is 18.7 Å². The number of carbonyl (C=O) groups is 1. The van der Waals surface area contributed by atoms with Crippen molar-refractivity contribution in [3.63, 3.8) is 0 Å². The van der Waals surface area contributed by atoms with Crippen LogP contribution in [0.4, 0.5) is 5.69 Å². The second kappa shape index (κ2) is 10.2. The molecular weight excluding hydrogens is 442 g/mol. The molecule has 3 aromatic rings. The van der Waals surface area contributed by atoms with E-state index in [4.69, 9.17) is 4.74 Å². The summed E-state index contributed by atoms with van der Waals surface area (Å²) in [5.74, 6) is -0.373. The third kappa shape index (κ3) is 5.89. The van der Waals surface area contributed by atoms with Crippen LogP contribution < -0.4 is 14.5 Å². The molecule has 0 saturated heterocycles. The van der Waals surface area contributed by atoms with Crippen LogP contribution in [0.25, 0.3) is 0 Å². The summed E-state index contributed by atoms with van der Waals surface area (Å²) in [6.07, 6.45) is 1.37. The SMILES string of the molecule is COc1cc(/C=N\NC(=O)CN(c2ccc(C)cc2)S(=O)(=O)c2ccc(C)cc2)ccc1O. The van der Waals surface area contributed by atoms with Crippen molar-refractivity contribution in [2.24, 2.45) is 5.10 Å². The van der Waals surface area contributed by atoms with E-state index in [1.807, 2.05) is 13.8 Å². The van der Waals surface area contributed by atoms with Gasteiger partial charge in [-0.25, -0.2) is 13.8 Å². The lowest BCUT2D eigenvalue weighted by molar-refractivity contribution is -0.119. The molecule has 0 saturated carbocycles. The zero-order valence-electron chi connectivity index (χ0n) is 18.5. The number of nitrogens with zero attached hydrogens (tertiary/aromatic N) is 2. The van der Waals surface area contributed by atoms with Crippen molar-refractivity contribution < 1.29 is 23.1 Å². The van der Waals surface area contributed by atoms with Crippen LogP contribution in [-0.2, 0) is 14.8 Å². The summed E-state index contributed by atoms with van der Waals surface area (Å²) in [4.78, 5) is 12.7. The molecule has 0 unspecified atom stereocenters. The molecule has 0 spiro atoms. The standard InChI is InChI=1S/C24H25N3O5S/c1-17-4-9-20(10-5-17)27(33(30,31)21-11-6-18(2)7-12-21)16-24(29)26-25-15-19-8-13-22(28)23(14-19)32-3/h4-15,28H,16H2,1-3H3,(H,26,29)/b25-15-. The predicted molar refractivity (Wildman–Crippen MR) is 127 cm³/mol. The van der Waals surface area contributed by atoms with Gasteiger partial charge in [0, 0.05) is 0 Å². The molecule has 0 atom stereocenters. The number of aryl methyl sites for hydroxylation is 2. The lowest BCUT2D eigenvalue weighted by Crippen LogP contribution is -2.39. The minimum Gasteiger partial charge on any atom is -0.504 e. The van der Waals surface area contributed by atoms with Gasteiger partial charge in [-0.1, -0.05) is 35.4 Å². The van der Waals surface area contributed by atoms with Crippen molar-refractivity contribution in [1.82, 2.24) is 5.43 Å². The third-order valence-electron chi connectivity index (χ3n) is 4.82. The molecule has 8 nitrogen and oxygen atoms in total. The van der Waals surface area contributed by atoms with E-state index in [-0.39, 0.29) is 16.4 Å². The van der Waals surface area contributed by atoms with Crippen molar-refractivity contribution in [2.75, 3.05) is 18.0 Å². The van der Waals surface area contributed by atoms with Crippen molar-refractivity contribution in [3.8, 4) is 11.5 Å². The summed E-state index contributed by atoms with van der Waals surface area (Å²) < 4.78 is 32.7. The molecule has 3 rings (SSSR count). The second-order valence-electron chi connectivity index (χ2n) is 7.38. The number of benzene rings is 3. The summed E-state index contributed by atoms with van der Waals surface area (Å²) in [6, 6.07) is 17.9. The van der Waals surface area contributed by atoms with Crippen molar-refractivity contribution >= 4 is 27.8 Å². The maximum absolute atomic E-state index is 13.3. The summed E-state index contributed by atoms with van der Waals surface area (Å²) in [6.45, 7) is 3.29. The number of hydrogen-bond acceptors (Lipinski definition) is 6. The van der Waals surface area contributed by atoms with E-state index < -0.39 is 22.5 Å². The maximum atomic E-state index is 13.3. The number of carbonyl (C=O) groups excluding carboxylic acids is 1. The van der Waals surface area contributed by atoms with E-state index in [1.54, 1.807) is 48.5 Å². The van der Waals surface area contributed by atoms with E-state index in [0.717, 1.165) is 15.4 Å². The number of methoxy groups -OCH3 is 1. The molecule has 2 N–H and O–H groups in total. The highest BCUT2D eigenvalue weighted by Gasteiger charge is 2.27. The number of aromatic hydroxyl groups is 1. The van der Waals surface area contributed by atoms with Gasteiger partial charge in [-0.3, -0.25) is 9.10 Å². The normalized spacial score (nSPS) is 11.4. The lowest BCUT2D eigenvalue weighted by Gasteiger charge is -2.24. The number of rotatable bonds is 8. The van der Waals surface area contributed by atoms with Crippen LogP contribution in [-0.4, -0.2) is 39.3 Å². The highest BCUT2D eigenvalue weighted by molar-refractivity contribution is 7.92. The zero-order chi connectivity index (χ0) is 24.0. The van der Waals surface area contributed by atoms with Crippen molar-refractivity contribution in [1.29, 1.82) is 0 Å². The molecular formula is C24H25N3O5S. The van der Waals surface area contributed by atoms with E-state index in [2.05, 4.69) is 10.5 Å². The number of sulfonamides is 1. The van der Waals surface area contributed by atoms with Crippen LogP contribution >= 0.6 is 0 Å². The smallest absolute Gasteiger partial charge is 0.264 e. The number of amides is 1. The Bertz CT molecular complexity index is 1250. The third-order valence-corrected chi connectivity index (χ3v) is 6.61. The molecule has 0 aliphatic heterocycles. The first-order valence-corrected chi connectivity index (χ1v) is 11.5. The van der Waals surface area contributed by atoms with Crippen LogP contribution in [0.3, 0.4) is 0 Å². The Morgan fingerprint density at radius 2 is 1.64 bits per heavy atom. The Kier molecular flexibility index (Phi) is 7.34. The highest BCUT2D eigenvalue weighted by atomic mass is 32.2. The summed E-state index contributed by atoms with van der Waals surface area (Å²) >= 11 is 0. The summed E-state index contributed by atoms with van der Waals surface area (Å²) in [5, 5.41) is 13.5. The van der Waals surface area contributed by atoms with Crippen LogP contribution in [0.15, 0.2) is 76.7 Å². The number of hydrazone groups is 1. The van der Waals surface area contributed by atoms with Gasteiger partial charge in [0.25, 0.3) is 15.9 Å². The predicted octanol–water partition coefficient (Wildman–Crippen LogP) is 3.36. The molecule has 0 aliphatic rings. The average Bonchev–Trinajstić information content (AvgIpc) is 2.79. The monoisotopic (exact) mass is 467 g/mol.